The Labute approximate surface area is 194 Å². The number of likely N-dealkylation sites (tertiary alicyclic amines) is 1. The van der Waals surface area contributed by atoms with Crippen LogP contribution in [0.5, 0.6) is 0 Å². The van der Waals surface area contributed by atoms with Crippen molar-refractivity contribution in [2.45, 2.75) is 31.8 Å². The summed E-state index contributed by atoms with van der Waals surface area (Å²) >= 11 is 5.98. The fourth-order valence-electron chi connectivity index (χ4n) is 4.49. The Morgan fingerprint density at radius 2 is 1.78 bits per heavy atom. The van der Waals surface area contributed by atoms with E-state index in [4.69, 9.17) is 11.6 Å². The van der Waals surface area contributed by atoms with Crippen LogP contribution in [0, 0.1) is 5.92 Å². The standard InChI is InChI=1S/C24H27ClN2O4S/c25-21-8-6-19(7-9-21)15-27(22-11-13-32(30,31)17-22)24(29)20-14-23(28)26(16-20)12-10-18-4-2-1-3-5-18/h1-9,20,22H,10-17H2. The number of amides is 2. The van der Waals surface area contributed by atoms with Gasteiger partial charge in [0.2, 0.25) is 11.8 Å². The molecule has 2 atom stereocenters. The number of hydrogen-bond donors (Lipinski definition) is 0. The molecule has 0 aliphatic carbocycles. The normalized spacial score (nSPS) is 22.3. The summed E-state index contributed by atoms with van der Waals surface area (Å²) in [5.74, 6) is -0.546. The van der Waals surface area contributed by atoms with Crippen LogP contribution < -0.4 is 0 Å². The molecule has 0 bridgehead atoms. The zero-order chi connectivity index (χ0) is 22.7. The fraction of sp³-hybridized carbons (Fsp3) is 0.417. The van der Waals surface area contributed by atoms with E-state index in [9.17, 15) is 18.0 Å². The van der Waals surface area contributed by atoms with Gasteiger partial charge in [0.1, 0.15) is 0 Å². The van der Waals surface area contributed by atoms with Gasteiger partial charge < -0.3 is 9.80 Å². The van der Waals surface area contributed by atoms with E-state index in [0.717, 1.165) is 17.5 Å². The van der Waals surface area contributed by atoms with Crippen molar-refractivity contribution in [2.75, 3.05) is 24.6 Å². The van der Waals surface area contributed by atoms with E-state index in [1.165, 1.54) is 0 Å². The zero-order valence-corrected chi connectivity index (χ0v) is 19.4. The van der Waals surface area contributed by atoms with Crippen molar-refractivity contribution in [3.63, 3.8) is 0 Å². The van der Waals surface area contributed by atoms with Crippen LogP contribution in [0.15, 0.2) is 54.6 Å². The molecule has 170 valence electrons. The van der Waals surface area contributed by atoms with Crippen molar-refractivity contribution in [3.8, 4) is 0 Å². The van der Waals surface area contributed by atoms with Crippen molar-refractivity contribution in [1.82, 2.24) is 9.80 Å². The van der Waals surface area contributed by atoms with Crippen LogP contribution in [0.2, 0.25) is 5.02 Å². The predicted octanol–water partition coefficient (Wildman–Crippen LogP) is 2.95. The molecule has 6 nitrogen and oxygen atoms in total. The number of hydrogen-bond acceptors (Lipinski definition) is 4. The molecular weight excluding hydrogens is 448 g/mol. The van der Waals surface area contributed by atoms with Gasteiger partial charge in [-0.2, -0.15) is 0 Å². The van der Waals surface area contributed by atoms with E-state index < -0.39 is 15.8 Å². The first kappa shape index (κ1) is 22.8. The lowest BCUT2D eigenvalue weighted by Gasteiger charge is -2.31. The first-order valence-corrected chi connectivity index (χ1v) is 13.1. The molecule has 0 radical (unpaired) electrons. The van der Waals surface area contributed by atoms with Crippen LogP contribution in [0.4, 0.5) is 0 Å². The minimum atomic E-state index is -3.15. The molecule has 4 rings (SSSR count). The van der Waals surface area contributed by atoms with Crippen molar-refractivity contribution in [3.05, 3.63) is 70.7 Å². The van der Waals surface area contributed by atoms with Crippen LogP contribution >= 0.6 is 11.6 Å². The van der Waals surface area contributed by atoms with E-state index in [-0.39, 0.29) is 35.8 Å². The number of rotatable bonds is 7. The second kappa shape index (κ2) is 9.63. The fourth-order valence-corrected chi connectivity index (χ4v) is 6.35. The number of nitrogens with zero attached hydrogens (tertiary/aromatic N) is 2. The first-order valence-electron chi connectivity index (χ1n) is 10.9. The molecule has 0 saturated carbocycles. The molecule has 2 aromatic rings. The highest BCUT2D eigenvalue weighted by Crippen LogP contribution is 2.27. The molecule has 2 aromatic carbocycles. The van der Waals surface area contributed by atoms with Gasteiger partial charge in [-0.15, -0.1) is 0 Å². The van der Waals surface area contributed by atoms with Gasteiger partial charge in [-0.1, -0.05) is 54.1 Å². The largest absolute Gasteiger partial charge is 0.342 e. The first-order chi connectivity index (χ1) is 15.3. The van der Waals surface area contributed by atoms with Gasteiger partial charge in [0, 0.05) is 37.1 Å². The van der Waals surface area contributed by atoms with Crippen molar-refractivity contribution in [2.24, 2.45) is 5.92 Å². The van der Waals surface area contributed by atoms with Crippen molar-refractivity contribution >= 4 is 33.3 Å². The predicted molar refractivity (Wildman–Crippen MR) is 124 cm³/mol. The topological polar surface area (TPSA) is 74.8 Å². The van der Waals surface area contributed by atoms with Gasteiger partial charge in [-0.3, -0.25) is 9.59 Å². The molecular formula is C24H27ClN2O4S. The second-order valence-corrected chi connectivity index (χ2v) is 11.3. The van der Waals surface area contributed by atoms with E-state index in [1.807, 2.05) is 42.5 Å². The highest BCUT2D eigenvalue weighted by atomic mass is 35.5. The van der Waals surface area contributed by atoms with Gasteiger partial charge in [-0.25, -0.2) is 8.42 Å². The average molecular weight is 475 g/mol. The lowest BCUT2D eigenvalue weighted by Crippen LogP contribution is -2.44. The highest BCUT2D eigenvalue weighted by Gasteiger charge is 2.41. The van der Waals surface area contributed by atoms with Gasteiger partial charge in [0.15, 0.2) is 9.84 Å². The Morgan fingerprint density at radius 1 is 1.06 bits per heavy atom. The molecule has 2 aliphatic rings. The summed E-state index contributed by atoms with van der Waals surface area (Å²) in [6.07, 6.45) is 1.34. The third-order valence-electron chi connectivity index (χ3n) is 6.28. The van der Waals surface area contributed by atoms with Crippen LogP contribution in [0.1, 0.15) is 24.0 Å². The van der Waals surface area contributed by atoms with Gasteiger partial charge in [0.25, 0.3) is 0 Å². The summed E-state index contributed by atoms with van der Waals surface area (Å²) in [5, 5.41) is 0.602. The summed E-state index contributed by atoms with van der Waals surface area (Å²) in [5.41, 5.74) is 2.04. The Balaban J connectivity index is 1.46. The Bertz CT molecular complexity index is 1070. The van der Waals surface area contributed by atoms with E-state index >= 15 is 0 Å². The van der Waals surface area contributed by atoms with Crippen LogP contribution in [0.3, 0.4) is 0 Å². The van der Waals surface area contributed by atoms with E-state index in [0.29, 0.717) is 31.1 Å². The highest BCUT2D eigenvalue weighted by molar-refractivity contribution is 7.91. The van der Waals surface area contributed by atoms with Gasteiger partial charge >= 0.3 is 0 Å². The van der Waals surface area contributed by atoms with E-state index in [2.05, 4.69) is 0 Å². The number of carbonyl (C=O) groups is 2. The number of benzene rings is 2. The SMILES string of the molecule is O=C1CC(C(=O)N(Cc2ccc(Cl)cc2)C2CCS(=O)(=O)C2)CN1CCc1ccccc1. The quantitative estimate of drug-likeness (QED) is 0.618. The molecule has 0 spiro atoms. The molecule has 8 heteroatoms. The molecule has 32 heavy (non-hydrogen) atoms. The maximum absolute atomic E-state index is 13.5. The molecule has 2 unspecified atom stereocenters. The lowest BCUT2D eigenvalue weighted by atomic mass is 10.0. The van der Waals surface area contributed by atoms with Crippen molar-refractivity contribution < 1.29 is 18.0 Å². The Hall–Kier alpha value is -2.38. The van der Waals surface area contributed by atoms with Gasteiger partial charge in [0.05, 0.1) is 17.4 Å². The molecule has 2 amide bonds. The zero-order valence-electron chi connectivity index (χ0n) is 17.8. The minimum Gasteiger partial charge on any atom is -0.342 e. The maximum Gasteiger partial charge on any atom is 0.228 e. The summed E-state index contributed by atoms with van der Waals surface area (Å²) in [7, 11) is -3.15. The molecule has 2 fully saturated rings. The molecule has 2 aliphatic heterocycles. The monoisotopic (exact) mass is 474 g/mol. The second-order valence-electron chi connectivity index (χ2n) is 8.63. The van der Waals surface area contributed by atoms with Gasteiger partial charge in [-0.05, 0) is 36.1 Å². The average Bonchev–Trinajstić information content (AvgIpc) is 3.33. The molecule has 2 saturated heterocycles. The maximum atomic E-state index is 13.5. The van der Waals surface area contributed by atoms with Crippen LogP contribution in [-0.2, 0) is 32.4 Å². The summed E-state index contributed by atoms with van der Waals surface area (Å²) in [4.78, 5) is 29.5. The summed E-state index contributed by atoms with van der Waals surface area (Å²) in [6.45, 7) is 1.26. The van der Waals surface area contributed by atoms with Crippen LogP contribution in [0.25, 0.3) is 0 Å². The minimum absolute atomic E-state index is 0.0231. The number of halogens is 1. The number of sulfone groups is 1. The number of carbonyl (C=O) groups excluding carboxylic acids is 2. The smallest absolute Gasteiger partial charge is 0.228 e. The third-order valence-corrected chi connectivity index (χ3v) is 8.28. The third kappa shape index (κ3) is 5.51. The van der Waals surface area contributed by atoms with Crippen molar-refractivity contribution in [1.29, 1.82) is 0 Å². The summed E-state index contributed by atoms with van der Waals surface area (Å²) in [6, 6.07) is 16.8. The summed E-state index contributed by atoms with van der Waals surface area (Å²) < 4.78 is 24.2. The molecule has 0 N–H and O–H groups in total. The van der Waals surface area contributed by atoms with E-state index in [1.54, 1.807) is 21.9 Å². The Morgan fingerprint density at radius 3 is 2.44 bits per heavy atom. The Kier molecular flexibility index (Phi) is 6.86. The molecule has 2 heterocycles. The molecule has 0 aromatic heterocycles. The van der Waals surface area contributed by atoms with Crippen LogP contribution in [-0.4, -0.2) is 60.7 Å². The lowest BCUT2D eigenvalue weighted by molar-refractivity contribution is -0.138.